The molecule has 1 unspecified atom stereocenters. The van der Waals surface area contributed by atoms with Gasteiger partial charge in [0.05, 0.1) is 19.1 Å². The molecule has 0 saturated carbocycles. The molecular formula is C33H37N5O8. The summed E-state index contributed by atoms with van der Waals surface area (Å²) >= 11 is 0. The van der Waals surface area contributed by atoms with E-state index in [-0.39, 0.29) is 32.2 Å². The number of carbonyl (C=O) groups is 5. The number of nitrogens with one attached hydrogen (secondary N) is 5. The van der Waals surface area contributed by atoms with E-state index in [2.05, 4.69) is 31.3 Å². The average molecular weight is 632 g/mol. The van der Waals surface area contributed by atoms with E-state index in [4.69, 9.17) is 4.74 Å². The Morgan fingerprint density at radius 3 is 1.96 bits per heavy atom. The van der Waals surface area contributed by atoms with Crippen molar-refractivity contribution in [3.8, 4) is 11.1 Å². The molecule has 1 aliphatic rings. The third-order valence-corrected chi connectivity index (χ3v) is 7.23. The number of alkyl carbamates (subject to hydrolysis) is 1. The molecule has 3 aromatic rings. The number of esters is 1. The first-order valence-electron chi connectivity index (χ1n) is 14.7. The summed E-state index contributed by atoms with van der Waals surface area (Å²) in [5, 5.41) is 23.2. The molecule has 6 N–H and O–H groups in total. The number of ether oxygens (including phenoxy) is 2. The van der Waals surface area contributed by atoms with E-state index in [0.717, 1.165) is 27.8 Å². The lowest BCUT2D eigenvalue weighted by Gasteiger charge is -2.25. The largest absolute Gasteiger partial charge is 0.449 e. The molecule has 0 heterocycles. The fourth-order valence-electron chi connectivity index (χ4n) is 5.03. The number of fused-ring (bicyclic) bond motifs is 3. The molecule has 13 nitrogen and oxygen atoms in total. The average Bonchev–Trinajstić information content (AvgIpc) is 3.37. The molecule has 0 fully saturated rings. The van der Waals surface area contributed by atoms with E-state index in [1.807, 2.05) is 66.7 Å². The van der Waals surface area contributed by atoms with Gasteiger partial charge in [0.2, 0.25) is 17.7 Å². The highest BCUT2D eigenvalue weighted by molar-refractivity contribution is 5.87. The van der Waals surface area contributed by atoms with Gasteiger partial charge in [0.15, 0.2) is 6.73 Å². The second kappa shape index (κ2) is 16.7. The van der Waals surface area contributed by atoms with Crippen molar-refractivity contribution in [2.45, 2.75) is 31.5 Å². The number of rotatable bonds is 15. The Morgan fingerprint density at radius 1 is 0.717 bits per heavy atom. The van der Waals surface area contributed by atoms with Crippen molar-refractivity contribution < 1.29 is 38.6 Å². The van der Waals surface area contributed by atoms with Crippen LogP contribution in [-0.2, 0) is 35.1 Å². The van der Waals surface area contributed by atoms with Crippen LogP contribution in [0.2, 0.25) is 0 Å². The Labute approximate surface area is 266 Å². The van der Waals surface area contributed by atoms with Gasteiger partial charge in [-0.05, 0) is 34.2 Å². The Morgan fingerprint density at radius 2 is 1.30 bits per heavy atom. The number of benzene rings is 3. The molecule has 242 valence electrons. The lowest BCUT2D eigenvalue weighted by atomic mass is 9.98. The summed E-state index contributed by atoms with van der Waals surface area (Å²) in [6, 6.07) is 24.1. The van der Waals surface area contributed by atoms with Crippen LogP contribution in [0.25, 0.3) is 11.1 Å². The molecule has 4 amide bonds. The van der Waals surface area contributed by atoms with Crippen molar-refractivity contribution in [1.29, 1.82) is 0 Å². The van der Waals surface area contributed by atoms with E-state index in [9.17, 15) is 29.1 Å². The molecule has 0 spiro atoms. The molecule has 0 aliphatic heterocycles. The summed E-state index contributed by atoms with van der Waals surface area (Å²) in [6.45, 7) is -0.171. The van der Waals surface area contributed by atoms with Crippen LogP contribution in [-0.4, -0.2) is 80.1 Å². The van der Waals surface area contributed by atoms with E-state index >= 15 is 0 Å². The lowest BCUT2D eigenvalue weighted by molar-refractivity contribution is -0.142. The van der Waals surface area contributed by atoms with Crippen molar-refractivity contribution in [2.75, 3.05) is 33.0 Å². The number of hydrogen-bond acceptors (Lipinski definition) is 9. The lowest BCUT2D eigenvalue weighted by Crippen LogP contribution is -2.54. The second-order valence-electron chi connectivity index (χ2n) is 10.5. The number of amides is 4. The summed E-state index contributed by atoms with van der Waals surface area (Å²) in [4.78, 5) is 60.2. The van der Waals surface area contributed by atoms with Crippen LogP contribution in [0.1, 0.15) is 29.5 Å². The molecular weight excluding hydrogens is 594 g/mol. The third kappa shape index (κ3) is 9.87. The Hall–Kier alpha value is -5.27. The number of hydrogen-bond donors (Lipinski definition) is 6. The maximum atomic E-state index is 12.7. The minimum atomic E-state index is -1.34. The van der Waals surface area contributed by atoms with Crippen molar-refractivity contribution in [3.05, 3.63) is 95.6 Å². The highest BCUT2D eigenvalue weighted by Crippen LogP contribution is 2.44. The van der Waals surface area contributed by atoms with Crippen molar-refractivity contribution in [1.82, 2.24) is 26.6 Å². The minimum Gasteiger partial charge on any atom is -0.449 e. The standard InChI is InChI=1S/C33H37N5O8/c1-21(39)46-20-37-30(41)16-35-32(43)28(15-22-9-3-2-4-10-22)38-31(42)18-34-29(40)17-36-33(44)45-19-27-25-13-7-5-11-23(25)24-12-6-8-14-26(24)27/h2-14,27-28,32,35,43H,15-20H2,1H3,(H,34,40)(H,36,44)(H,37,41)(H,38,42)/t28-,32?/m0/s1. The van der Waals surface area contributed by atoms with Gasteiger partial charge < -0.3 is 35.8 Å². The van der Waals surface area contributed by atoms with E-state index in [0.29, 0.717) is 0 Å². The van der Waals surface area contributed by atoms with Gasteiger partial charge in [0.1, 0.15) is 19.4 Å². The van der Waals surface area contributed by atoms with Gasteiger partial charge in [-0.2, -0.15) is 0 Å². The molecule has 13 heteroatoms. The van der Waals surface area contributed by atoms with Crippen LogP contribution in [0.15, 0.2) is 78.9 Å². The van der Waals surface area contributed by atoms with Gasteiger partial charge in [0, 0.05) is 12.8 Å². The van der Waals surface area contributed by atoms with Gasteiger partial charge in [-0.1, -0.05) is 78.9 Å². The van der Waals surface area contributed by atoms with Crippen LogP contribution < -0.4 is 26.6 Å². The zero-order valence-corrected chi connectivity index (χ0v) is 25.3. The van der Waals surface area contributed by atoms with Crippen molar-refractivity contribution in [2.24, 2.45) is 0 Å². The summed E-state index contributed by atoms with van der Waals surface area (Å²) in [5.41, 5.74) is 5.13. The molecule has 0 radical (unpaired) electrons. The summed E-state index contributed by atoms with van der Waals surface area (Å²) < 4.78 is 10.1. The van der Waals surface area contributed by atoms with E-state index in [1.54, 1.807) is 12.1 Å². The Bertz CT molecular complexity index is 1490. The molecule has 46 heavy (non-hydrogen) atoms. The van der Waals surface area contributed by atoms with Gasteiger partial charge >= 0.3 is 12.1 Å². The highest BCUT2D eigenvalue weighted by Gasteiger charge is 2.29. The van der Waals surface area contributed by atoms with Crippen LogP contribution in [0.4, 0.5) is 4.79 Å². The topological polar surface area (TPSA) is 184 Å². The zero-order chi connectivity index (χ0) is 32.9. The predicted molar refractivity (Wildman–Crippen MR) is 167 cm³/mol. The van der Waals surface area contributed by atoms with Gasteiger partial charge in [-0.25, -0.2) is 4.79 Å². The first-order valence-corrected chi connectivity index (χ1v) is 14.7. The molecule has 2 atom stereocenters. The fraction of sp³-hybridized carbons (Fsp3) is 0.303. The quantitative estimate of drug-likeness (QED) is 0.105. The molecule has 3 aromatic carbocycles. The second-order valence-corrected chi connectivity index (χ2v) is 10.5. The molecule has 0 bridgehead atoms. The predicted octanol–water partition coefficient (Wildman–Crippen LogP) is 0.914. The minimum absolute atomic E-state index is 0.0941. The van der Waals surface area contributed by atoms with Crippen LogP contribution in [0.5, 0.6) is 0 Å². The molecule has 0 saturated heterocycles. The maximum Gasteiger partial charge on any atom is 0.407 e. The third-order valence-electron chi connectivity index (χ3n) is 7.23. The first kappa shape index (κ1) is 33.6. The summed E-state index contributed by atoms with van der Waals surface area (Å²) in [6.07, 6.45) is -1.89. The van der Waals surface area contributed by atoms with Crippen LogP contribution >= 0.6 is 0 Å². The monoisotopic (exact) mass is 631 g/mol. The van der Waals surface area contributed by atoms with Crippen molar-refractivity contribution >= 4 is 29.8 Å². The van der Waals surface area contributed by atoms with Gasteiger partial charge in [-0.3, -0.25) is 24.5 Å². The van der Waals surface area contributed by atoms with E-state index < -0.39 is 55.1 Å². The van der Waals surface area contributed by atoms with Crippen molar-refractivity contribution in [3.63, 3.8) is 0 Å². The molecule has 0 aromatic heterocycles. The smallest absolute Gasteiger partial charge is 0.407 e. The first-order chi connectivity index (χ1) is 22.2. The molecule has 1 aliphatic carbocycles. The SMILES string of the molecule is CC(=O)OCNC(=O)CNC(O)[C@H](Cc1ccccc1)NC(=O)CNC(=O)CNC(=O)OCC1c2ccccc2-c2ccccc21. The number of aliphatic hydroxyl groups is 1. The normalized spacial score (nSPS) is 12.9. The maximum absolute atomic E-state index is 12.7. The zero-order valence-electron chi connectivity index (χ0n) is 25.3. The Balaban J connectivity index is 1.21. The van der Waals surface area contributed by atoms with Gasteiger partial charge in [-0.15, -0.1) is 0 Å². The number of aliphatic hydroxyl groups excluding tert-OH is 1. The van der Waals surface area contributed by atoms with E-state index in [1.165, 1.54) is 6.92 Å². The van der Waals surface area contributed by atoms with Gasteiger partial charge in [0.25, 0.3) is 0 Å². The summed E-state index contributed by atoms with van der Waals surface area (Å²) in [5.74, 6) is -2.44. The van der Waals surface area contributed by atoms with Crippen LogP contribution in [0, 0.1) is 0 Å². The number of carbonyl (C=O) groups excluding carboxylic acids is 5. The summed E-state index contributed by atoms with van der Waals surface area (Å²) in [7, 11) is 0. The van der Waals surface area contributed by atoms with Crippen LogP contribution in [0.3, 0.4) is 0 Å². The fourth-order valence-corrected chi connectivity index (χ4v) is 5.03. The Kier molecular flexibility index (Phi) is 12.2. The molecule has 4 rings (SSSR count). The highest BCUT2D eigenvalue weighted by atomic mass is 16.5.